The molecular weight excluding hydrogens is 558 g/mol. The summed E-state index contributed by atoms with van der Waals surface area (Å²) in [5, 5.41) is 2.76. The van der Waals surface area contributed by atoms with Crippen LogP contribution in [0.2, 0.25) is 0 Å². The van der Waals surface area contributed by atoms with E-state index in [1.165, 1.54) is 46.0 Å². The van der Waals surface area contributed by atoms with Gasteiger partial charge in [0.25, 0.3) is 0 Å². The summed E-state index contributed by atoms with van der Waals surface area (Å²) in [4.78, 5) is 2.34. The first-order chi connectivity index (χ1) is 17.2. The summed E-state index contributed by atoms with van der Waals surface area (Å²) < 4.78 is 2.16. The zero-order valence-electron chi connectivity index (χ0n) is 19.1. The van der Waals surface area contributed by atoms with Gasteiger partial charge in [0, 0.05) is 26.0 Å². The van der Waals surface area contributed by atoms with Gasteiger partial charge < -0.3 is 4.90 Å². The van der Waals surface area contributed by atoms with Gasteiger partial charge >= 0.3 is 0 Å². The Morgan fingerprint density at radius 3 is 1.91 bits per heavy atom. The van der Waals surface area contributed by atoms with Crippen LogP contribution in [0.5, 0.6) is 0 Å². The lowest BCUT2D eigenvalue weighted by molar-refractivity contribution is 1.09. The standard InChI is InChI=1S/C32H23Br2N/c33-23-7-11-25(12-8-23)35(26-13-9-24(34)10-14-26)27-15-16-29-22(17-27)19-30-28-4-2-1-3-21(28)18-31(30)32(29)20-5-6-20/h1-4,7-17,19-20H,5-6,18H2. The summed E-state index contributed by atoms with van der Waals surface area (Å²) in [6.45, 7) is 0. The van der Waals surface area contributed by atoms with E-state index < -0.39 is 0 Å². The highest BCUT2D eigenvalue weighted by Gasteiger charge is 2.32. The summed E-state index contributed by atoms with van der Waals surface area (Å²) in [5.74, 6) is 0.710. The molecular formula is C32H23Br2N. The average Bonchev–Trinajstić information content (AvgIpc) is 3.65. The van der Waals surface area contributed by atoms with Gasteiger partial charge in [-0.25, -0.2) is 0 Å². The van der Waals surface area contributed by atoms with Crippen molar-refractivity contribution in [3.8, 4) is 11.1 Å². The number of hydrogen-bond acceptors (Lipinski definition) is 1. The molecule has 5 aromatic carbocycles. The molecule has 5 aromatic rings. The van der Waals surface area contributed by atoms with Crippen LogP contribution in [0.1, 0.15) is 35.4 Å². The van der Waals surface area contributed by atoms with Gasteiger partial charge in [0.15, 0.2) is 0 Å². The lowest BCUT2D eigenvalue weighted by Gasteiger charge is -2.26. The van der Waals surface area contributed by atoms with E-state index in [1.54, 1.807) is 11.1 Å². The average molecular weight is 581 g/mol. The maximum absolute atomic E-state index is 3.59. The Bertz CT molecular complexity index is 1540. The molecule has 3 heteroatoms. The number of nitrogens with zero attached hydrogens (tertiary/aromatic N) is 1. The van der Waals surface area contributed by atoms with E-state index in [-0.39, 0.29) is 0 Å². The maximum Gasteiger partial charge on any atom is 0.0468 e. The second-order valence-corrected chi connectivity index (χ2v) is 11.4. The number of anilines is 3. The Labute approximate surface area is 222 Å². The minimum atomic E-state index is 0.710. The minimum Gasteiger partial charge on any atom is -0.310 e. The first kappa shape index (κ1) is 21.4. The van der Waals surface area contributed by atoms with Crippen molar-refractivity contribution < 1.29 is 0 Å². The van der Waals surface area contributed by atoms with Crippen LogP contribution >= 0.6 is 31.9 Å². The molecule has 35 heavy (non-hydrogen) atoms. The maximum atomic E-state index is 3.59. The molecule has 0 aliphatic heterocycles. The number of benzene rings is 5. The van der Waals surface area contributed by atoms with Crippen LogP contribution in [0.3, 0.4) is 0 Å². The molecule has 0 spiro atoms. The summed E-state index contributed by atoms with van der Waals surface area (Å²) in [6.07, 6.45) is 3.69. The smallest absolute Gasteiger partial charge is 0.0468 e. The van der Waals surface area contributed by atoms with E-state index in [0.717, 1.165) is 26.7 Å². The molecule has 2 aliphatic carbocycles. The van der Waals surface area contributed by atoms with Gasteiger partial charge in [0.2, 0.25) is 0 Å². The van der Waals surface area contributed by atoms with Crippen molar-refractivity contribution in [3.05, 3.63) is 123 Å². The second-order valence-electron chi connectivity index (χ2n) is 9.62. The molecule has 1 saturated carbocycles. The van der Waals surface area contributed by atoms with Gasteiger partial charge in [-0.05, 0) is 131 Å². The third kappa shape index (κ3) is 3.73. The third-order valence-electron chi connectivity index (χ3n) is 7.36. The molecule has 0 saturated heterocycles. The van der Waals surface area contributed by atoms with Gasteiger partial charge in [-0.15, -0.1) is 0 Å². The zero-order chi connectivity index (χ0) is 23.5. The fourth-order valence-corrected chi connectivity index (χ4v) is 6.16. The van der Waals surface area contributed by atoms with E-state index in [4.69, 9.17) is 0 Å². The summed E-state index contributed by atoms with van der Waals surface area (Å²) in [5.41, 5.74) is 10.9. The molecule has 2 aliphatic rings. The van der Waals surface area contributed by atoms with E-state index in [1.807, 2.05) is 0 Å². The van der Waals surface area contributed by atoms with E-state index >= 15 is 0 Å². The van der Waals surface area contributed by atoms with Crippen molar-refractivity contribution in [2.24, 2.45) is 0 Å². The Morgan fingerprint density at radius 1 is 0.629 bits per heavy atom. The summed E-state index contributed by atoms with van der Waals surface area (Å²) in [7, 11) is 0. The predicted octanol–water partition coefficient (Wildman–Crippen LogP) is 10.3. The Kier molecular flexibility index (Phi) is 5.11. The topological polar surface area (TPSA) is 3.24 Å². The fourth-order valence-electron chi connectivity index (χ4n) is 5.63. The van der Waals surface area contributed by atoms with E-state index in [9.17, 15) is 0 Å². The van der Waals surface area contributed by atoms with Crippen LogP contribution < -0.4 is 4.90 Å². The molecule has 0 bridgehead atoms. The SMILES string of the molecule is Brc1ccc(N(c2ccc(Br)cc2)c2ccc3c(C4CC4)c4c(cc3c2)-c2ccccc2C4)cc1. The second kappa shape index (κ2) is 8.36. The van der Waals surface area contributed by atoms with Crippen LogP contribution in [0.4, 0.5) is 17.1 Å². The Morgan fingerprint density at radius 2 is 1.26 bits per heavy atom. The first-order valence-electron chi connectivity index (χ1n) is 12.1. The van der Waals surface area contributed by atoms with Crippen LogP contribution in [-0.4, -0.2) is 0 Å². The van der Waals surface area contributed by atoms with Gasteiger partial charge in [0.05, 0.1) is 0 Å². The molecule has 0 amide bonds. The van der Waals surface area contributed by atoms with Crippen molar-refractivity contribution in [1.82, 2.24) is 0 Å². The molecule has 0 aromatic heterocycles. The van der Waals surface area contributed by atoms with Crippen LogP contribution in [-0.2, 0) is 6.42 Å². The van der Waals surface area contributed by atoms with E-state index in [0.29, 0.717) is 5.92 Å². The number of halogens is 2. The monoisotopic (exact) mass is 579 g/mol. The van der Waals surface area contributed by atoms with Gasteiger partial charge in [0.1, 0.15) is 0 Å². The molecule has 0 radical (unpaired) electrons. The van der Waals surface area contributed by atoms with Crippen LogP contribution in [0.15, 0.2) is 106 Å². The normalized spacial score (nSPS) is 14.1. The third-order valence-corrected chi connectivity index (χ3v) is 8.42. The molecule has 1 fully saturated rings. The molecule has 0 N–H and O–H groups in total. The molecule has 0 atom stereocenters. The van der Waals surface area contributed by atoms with Gasteiger partial charge in [-0.1, -0.05) is 62.2 Å². The van der Waals surface area contributed by atoms with Crippen molar-refractivity contribution in [1.29, 1.82) is 0 Å². The van der Waals surface area contributed by atoms with Gasteiger partial charge in [-0.3, -0.25) is 0 Å². The van der Waals surface area contributed by atoms with Crippen molar-refractivity contribution in [2.45, 2.75) is 25.2 Å². The Hall–Kier alpha value is -2.88. The highest BCUT2D eigenvalue weighted by Crippen LogP contribution is 2.51. The zero-order valence-corrected chi connectivity index (χ0v) is 22.3. The van der Waals surface area contributed by atoms with Crippen molar-refractivity contribution in [2.75, 3.05) is 4.90 Å². The molecule has 1 nitrogen and oxygen atoms in total. The lowest BCUT2D eigenvalue weighted by Crippen LogP contribution is -2.09. The molecule has 0 heterocycles. The first-order valence-corrected chi connectivity index (χ1v) is 13.7. The quantitative estimate of drug-likeness (QED) is 0.200. The number of fused-ring (bicyclic) bond motifs is 4. The number of rotatable bonds is 4. The lowest BCUT2D eigenvalue weighted by atomic mass is 9.91. The predicted molar refractivity (Wildman–Crippen MR) is 154 cm³/mol. The van der Waals surface area contributed by atoms with Gasteiger partial charge in [-0.2, -0.15) is 0 Å². The molecule has 0 unspecified atom stereocenters. The number of hydrogen-bond donors (Lipinski definition) is 0. The van der Waals surface area contributed by atoms with Crippen LogP contribution in [0.25, 0.3) is 21.9 Å². The highest BCUT2D eigenvalue weighted by molar-refractivity contribution is 9.10. The Balaban J connectivity index is 1.44. The van der Waals surface area contributed by atoms with Crippen LogP contribution in [0, 0.1) is 0 Å². The summed E-state index contributed by atoms with van der Waals surface area (Å²) in [6, 6.07) is 35.5. The van der Waals surface area contributed by atoms with E-state index in [2.05, 4.69) is 134 Å². The summed E-state index contributed by atoms with van der Waals surface area (Å²) >= 11 is 7.19. The minimum absolute atomic E-state index is 0.710. The highest BCUT2D eigenvalue weighted by atomic mass is 79.9. The fraction of sp³-hybridized carbons (Fsp3) is 0.125. The van der Waals surface area contributed by atoms with Crippen molar-refractivity contribution in [3.63, 3.8) is 0 Å². The molecule has 7 rings (SSSR count). The molecule has 170 valence electrons. The van der Waals surface area contributed by atoms with Crippen molar-refractivity contribution >= 4 is 59.7 Å². The largest absolute Gasteiger partial charge is 0.310 e.